The van der Waals surface area contributed by atoms with E-state index in [0.29, 0.717) is 5.92 Å². The van der Waals surface area contributed by atoms with Gasteiger partial charge >= 0.3 is 0 Å². The maximum atomic E-state index is 11.9. The summed E-state index contributed by atoms with van der Waals surface area (Å²) in [6, 6.07) is 7.42. The number of hydrogen-bond donors (Lipinski definition) is 2. The number of aliphatic hydroxyl groups excluding tert-OH is 1. The molecule has 2 fully saturated rings. The molecule has 3 rings (SSSR count). The van der Waals surface area contributed by atoms with Crippen LogP contribution < -0.4 is 10.1 Å². The fourth-order valence-corrected chi connectivity index (χ4v) is 2.93. The van der Waals surface area contributed by atoms with Crippen molar-refractivity contribution in [1.29, 1.82) is 0 Å². The highest BCUT2D eigenvalue weighted by molar-refractivity contribution is 5.94. The lowest BCUT2D eigenvalue weighted by Crippen LogP contribution is -2.34. The van der Waals surface area contributed by atoms with Crippen molar-refractivity contribution in [2.45, 2.75) is 51.2 Å². The van der Waals surface area contributed by atoms with Crippen LogP contribution in [0.4, 0.5) is 5.69 Å². The van der Waals surface area contributed by atoms with Crippen molar-refractivity contribution in [2.24, 2.45) is 11.8 Å². The van der Waals surface area contributed by atoms with E-state index in [4.69, 9.17) is 4.74 Å². The van der Waals surface area contributed by atoms with E-state index in [1.165, 1.54) is 0 Å². The molecule has 0 unspecified atom stereocenters. The minimum atomic E-state index is -0.366. The van der Waals surface area contributed by atoms with Crippen molar-refractivity contribution in [3.05, 3.63) is 24.3 Å². The van der Waals surface area contributed by atoms with E-state index in [0.717, 1.165) is 43.5 Å². The molecule has 0 spiro atoms. The Balaban J connectivity index is 1.55. The number of aliphatic hydroxyl groups is 1. The van der Waals surface area contributed by atoms with Crippen molar-refractivity contribution in [2.75, 3.05) is 5.32 Å². The molecular formula is C17H23NO3. The van der Waals surface area contributed by atoms with E-state index in [-0.39, 0.29) is 24.0 Å². The van der Waals surface area contributed by atoms with Gasteiger partial charge in [0.1, 0.15) is 11.9 Å². The number of hydrogen-bond acceptors (Lipinski definition) is 3. The Labute approximate surface area is 125 Å². The summed E-state index contributed by atoms with van der Waals surface area (Å²) in [4.78, 5) is 11.9. The van der Waals surface area contributed by atoms with Crippen molar-refractivity contribution < 1.29 is 14.6 Å². The van der Waals surface area contributed by atoms with Crippen molar-refractivity contribution in [3.8, 4) is 5.75 Å². The van der Waals surface area contributed by atoms with Crippen molar-refractivity contribution in [1.82, 2.24) is 0 Å². The van der Waals surface area contributed by atoms with Gasteiger partial charge in [0, 0.05) is 11.6 Å². The third kappa shape index (κ3) is 3.56. The molecule has 21 heavy (non-hydrogen) atoms. The molecule has 0 radical (unpaired) electrons. The predicted octanol–water partition coefficient (Wildman–Crippen LogP) is 2.96. The zero-order valence-electron chi connectivity index (χ0n) is 12.4. The summed E-state index contributed by atoms with van der Waals surface area (Å²) < 4.78 is 5.84. The highest BCUT2D eigenvalue weighted by Crippen LogP contribution is 2.38. The number of anilines is 1. The molecule has 4 atom stereocenters. The van der Waals surface area contributed by atoms with Crippen LogP contribution in [0.2, 0.25) is 0 Å². The van der Waals surface area contributed by atoms with Gasteiger partial charge in [0.2, 0.25) is 5.91 Å². The summed E-state index contributed by atoms with van der Waals surface area (Å²) in [7, 11) is 0. The van der Waals surface area contributed by atoms with Gasteiger partial charge in [-0.1, -0.05) is 13.3 Å². The average Bonchev–Trinajstić information content (AvgIpc) is 3.21. The molecule has 2 N–H and O–H groups in total. The molecule has 2 aliphatic rings. The van der Waals surface area contributed by atoms with Gasteiger partial charge in [-0.3, -0.25) is 4.79 Å². The maximum absolute atomic E-state index is 11.9. The lowest BCUT2D eigenvalue weighted by molar-refractivity contribution is -0.117. The number of benzene rings is 1. The summed E-state index contributed by atoms with van der Waals surface area (Å²) in [6.07, 6.45) is 4.42. The van der Waals surface area contributed by atoms with Gasteiger partial charge in [0.25, 0.3) is 0 Å². The van der Waals surface area contributed by atoms with Gasteiger partial charge in [-0.05, 0) is 55.9 Å². The Morgan fingerprint density at radius 1 is 1.24 bits per heavy atom. The van der Waals surface area contributed by atoms with Crippen LogP contribution in [0.1, 0.15) is 39.0 Å². The zero-order valence-corrected chi connectivity index (χ0v) is 12.4. The molecule has 0 bridgehead atoms. The first-order valence-electron chi connectivity index (χ1n) is 7.89. The third-order valence-corrected chi connectivity index (χ3v) is 4.52. The summed E-state index contributed by atoms with van der Waals surface area (Å²) in [5, 5.41) is 12.8. The van der Waals surface area contributed by atoms with Crippen LogP contribution >= 0.6 is 0 Å². The highest BCUT2D eigenvalue weighted by atomic mass is 16.5. The predicted molar refractivity (Wildman–Crippen MR) is 81.2 cm³/mol. The molecule has 0 aromatic heterocycles. The normalized spacial score (nSPS) is 31.5. The van der Waals surface area contributed by atoms with Crippen molar-refractivity contribution in [3.63, 3.8) is 0 Å². The van der Waals surface area contributed by atoms with Gasteiger partial charge < -0.3 is 15.2 Å². The van der Waals surface area contributed by atoms with Crippen LogP contribution in [0.25, 0.3) is 0 Å². The summed E-state index contributed by atoms with van der Waals surface area (Å²) in [5.74, 6) is 1.55. The molecule has 1 amide bonds. The van der Waals surface area contributed by atoms with E-state index in [1.807, 2.05) is 24.3 Å². The quantitative estimate of drug-likeness (QED) is 0.896. The van der Waals surface area contributed by atoms with Crippen LogP contribution in [0.3, 0.4) is 0 Å². The second kappa shape index (κ2) is 6.06. The largest absolute Gasteiger partial charge is 0.488 e. The SMILES string of the molecule is C[C@@H]1C[C@@H]1C(=O)Nc1ccc(O[C@H]2CCCC[C@H]2O)cc1. The standard InChI is InChI=1S/C17H23NO3/c1-11-10-14(11)17(20)18-12-6-8-13(9-7-12)21-16-5-3-2-4-15(16)19/h6-9,11,14-16,19H,2-5,10H2,1H3,(H,18,20)/t11-,14+,15-,16+/m1/s1. The van der Waals surface area contributed by atoms with Crippen LogP contribution in [-0.2, 0) is 4.79 Å². The number of nitrogens with one attached hydrogen (secondary N) is 1. The Morgan fingerprint density at radius 3 is 2.52 bits per heavy atom. The van der Waals surface area contributed by atoms with Gasteiger partial charge in [0.15, 0.2) is 0 Å². The van der Waals surface area contributed by atoms with Crippen LogP contribution in [0.15, 0.2) is 24.3 Å². The molecule has 2 aliphatic carbocycles. The lowest BCUT2D eigenvalue weighted by atomic mass is 9.95. The molecule has 0 heterocycles. The topological polar surface area (TPSA) is 58.6 Å². The molecular weight excluding hydrogens is 266 g/mol. The van der Waals surface area contributed by atoms with Gasteiger partial charge in [-0.15, -0.1) is 0 Å². The van der Waals surface area contributed by atoms with Gasteiger partial charge in [-0.2, -0.15) is 0 Å². The van der Waals surface area contributed by atoms with E-state index >= 15 is 0 Å². The molecule has 4 nitrogen and oxygen atoms in total. The van der Waals surface area contributed by atoms with Gasteiger partial charge in [-0.25, -0.2) is 0 Å². The molecule has 114 valence electrons. The third-order valence-electron chi connectivity index (χ3n) is 4.52. The van der Waals surface area contributed by atoms with Crippen molar-refractivity contribution >= 4 is 11.6 Å². The Hall–Kier alpha value is -1.55. The van der Waals surface area contributed by atoms with E-state index in [2.05, 4.69) is 12.2 Å². The number of rotatable bonds is 4. The molecule has 2 saturated carbocycles. The summed E-state index contributed by atoms with van der Waals surface area (Å²) >= 11 is 0. The Kier molecular flexibility index (Phi) is 4.15. The van der Waals surface area contributed by atoms with Crippen LogP contribution in [0, 0.1) is 11.8 Å². The average molecular weight is 289 g/mol. The zero-order chi connectivity index (χ0) is 14.8. The lowest BCUT2D eigenvalue weighted by Gasteiger charge is -2.28. The smallest absolute Gasteiger partial charge is 0.227 e. The first-order chi connectivity index (χ1) is 10.1. The molecule has 4 heteroatoms. The van der Waals surface area contributed by atoms with Crippen LogP contribution in [0.5, 0.6) is 5.75 Å². The Morgan fingerprint density at radius 2 is 1.90 bits per heavy atom. The molecule has 1 aromatic carbocycles. The van der Waals surface area contributed by atoms with E-state index in [9.17, 15) is 9.90 Å². The summed E-state index contributed by atoms with van der Waals surface area (Å²) in [6.45, 7) is 2.09. The molecule has 0 aliphatic heterocycles. The number of carbonyl (C=O) groups excluding carboxylic acids is 1. The maximum Gasteiger partial charge on any atom is 0.227 e. The first kappa shape index (κ1) is 14.4. The minimum Gasteiger partial charge on any atom is -0.488 e. The number of amides is 1. The fourth-order valence-electron chi connectivity index (χ4n) is 2.93. The van der Waals surface area contributed by atoms with Crippen LogP contribution in [-0.4, -0.2) is 23.2 Å². The number of carbonyl (C=O) groups is 1. The second-order valence-electron chi connectivity index (χ2n) is 6.34. The first-order valence-corrected chi connectivity index (χ1v) is 7.89. The molecule has 0 saturated heterocycles. The van der Waals surface area contributed by atoms with E-state index in [1.54, 1.807) is 0 Å². The van der Waals surface area contributed by atoms with E-state index < -0.39 is 0 Å². The molecule has 1 aromatic rings. The number of ether oxygens (including phenoxy) is 1. The highest BCUT2D eigenvalue weighted by Gasteiger charge is 2.39. The second-order valence-corrected chi connectivity index (χ2v) is 6.34. The Bertz CT molecular complexity index is 499. The monoisotopic (exact) mass is 289 g/mol. The van der Waals surface area contributed by atoms with Gasteiger partial charge in [0.05, 0.1) is 6.10 Å². The summed E-state index contributed by atoms with van der Waals surface area (Å²) in [5.41, 5.74) is 0.802. The minimum absolute atomic E-state index is 0.105. The fraction of sp³-hybridized carbons (Fsp3) is 0.588.